The number of aromatic nitrogens is 3. The van der Waals surface area contributed by atoms with Crippen molar-refractivity contribution in [2.45, 2.75) is 28.9 Å². The number of benzene rings is 1. The van der Waals surface area contributed by atoms with Gasteiger partial charge in [-0.3, -0.25) is 9.36 Å². The molecule has 1 aromatic carbocycles. The van der Waals surface area contributed by atoms with Gasteiger partial charge < -0.3 is 0 Å². The van der Waals surface area contributed by atoms with Crippen molar-refractivity contribution in [1.29, 1.82) is 0 Å². The lowest BCUT2D eigenvalue weighted by Crippen LogP contribution is -2.16. The number of nitrogens with one attached hydrogen (secondary N) is 1. The predicted molar refractivity (Wildman–Crippen MR) is 84.4 cm³/mol. The zero-order chi connectivity index (χ0) is 14.8. The van der Waals surface area contributed by atoms with E-state index in [0.29, 0.717) is 10.7 Å². The van der Waals surface area contributed by atoms with Crippen molar-refractivity contribution in [1.82, 2.24) is 14.8 Å². The highest BCUT2D eigenvalue weighted by Crippen LogP contribution is 2.36. The highest BCUT2D eigenvalue weighted by molar-refractivity contribution is 7.99. The van der Waals surface area contributed by atoms with Gasteiger partial charge in [0.2, 0.25) is 0 Å². The molecule has 1 aliphatic rings. The highest BCUT2D eigenvalue weighted by Gasteiger charge is 2.28. The molecule has 1 saturated carbocycles. The summed E-state index contributed by atoms with van der Waals surface area (Å²) < 4.78 is 1.66. The van der Waals surface area contributed by atoms with Crippen molar-refractivity contribution in [2.24, 2.45) is 0 Å². The number of rotatable bonds is 6. The van der Waals surface area contributed by atoms with Crippen LogP contribution in [0.2, 0.25) is 0 Å². The molecule has 0 aliphatic heterocycles. The molecule has 1 fully saturated rings. The Kier molecular flexibility index (Phi) is 4.21. The number of hydrogen-bond acceptors (Lipinski definition) is 5. The van der Waals surface area contributed by atoms with Gasteiger partial charge in [0.25, 0.3) is 0 Å². The molecule has 0 amide bonds. The molecule has 5 nitrogen and oxygen atoms in total. The monoisotopic (exact) mass is 321 g/mol. The van der Waals surface area contributed by atoms with Crippen molar-refractivity contribution in [3.63, 3.8) is 0 Å². The predicted octanol–water partition coefficient (Wildman–Crippen LogP) is 2.60. The molecule has 21 heavy (non-hydrogen) atoms. The Morgan fingerprint density at radius 2 is 2.10 bits per heavy atom. The average molecular weight is 321 g/mol. The van der Waals surface area contributed by atoms with Gasteiger partial charge in [0, 0.05) is 16.5 Å². The minimum atomic E-state index is -0.184. The van der Waals surface area contributed by atoms with Crippen LogP contribution in [0.15, 0.2) is 39.1 Å². The third kappa shape index (κ3) is 3.24. The third-order valence-electron chi connectivity index (χ3n) is 3.33. The number of ketones is 1. The molecule has 7 heteroatoms. The fraction of sp³-hybridized carbons (Fsp3) is 0.357. The maximum Gasteiger partial charge on any atom is 0.344 e. The van der Waals surface area contributed by atoms with E-state index in [1.54, 1.807) is 16.3 Å². The van der Waals surface area contributed by atoms with E-state index in [1.165, 1.54) is 11.8 Å². The molecular formula is C14H15N3O2S2. The van der Waals surface area contributed by atoms with Gasteiger partial charge in [0.05, 0.1) is 5.75 Å². The maximum atomic E-state index is 12.2. The van der Waals surface area contributed by atoms with Crippen molar-refractivity contribution in [3.8, 4) is 0 Å². The van der Waals surface area contributed by atoms with E-state index in [2.05, 4.69) is 10.2 Å². The van der Waals surface area contributed by atoms with E-state index in [0.717, 1.165) is 17.7 Å². The first-order valence-corrected chi connectivity index (χ1v) is 8.87. The Labute approximate surface area is 130 Å². The molecule has 1 N–H and O–H groups in total. The van der Waals surface area contributed by atoms with Crippen LogP contribution in [0.4, 0.5) is 0 Å². The van der Waals surface area contributed by atoms with Gasteiger partial charge in [-0.05, 0) is 31.2 Å². The largest absolute Gasteiger partial charge is 0.344 e. The fourth-order valence-corrected chi connectivity index (χ4v) is 3.35. The molecule has 110 valence electrons. The number of Topliss-reactive ketones (excluding diaryl/α,β-unsaturated/α-hetero) is 1. The molecule has 1 heterocycles. The molecule has 2 aromatic rings. The molecular weight excluding hydrogens is 306 g/mol. The summed E-state index contributed by atoms with van der Waals surface area (Å²) in [6.07, 6.45) is 4.02. The number of carbonyl (C=O) groups is 1. The second-order valence-electron chi connectivity index (χ2n) is 4.85. The molecule has 0 atom stereocenters. The highest BCUT2D eigenvalue weighted by atomic mass is 32.2. The van der Waals surface area contributed by atoms with Crippen molar-refractivity contribution in [3.05, 3.63) is 40.3 Å². The van der Waals surface area contributed by atoms with Crippen LogP contribution >= 0.6 is 23.5 Å². The van der Waals surface area contributed by atoms with Gasteiger partial charge in [0.15, 0.2) is 10.9 Å². The lowest BCUT2D eigenvalue weighted by Gasteiger charge is -2.04. The third-order valence-corrected chi connectivity index (χ3v) is 5.02. The number of hydrogen-bond donors (Lipinski definition) is 1. The molecule has 0 unspecified atom stereocenters. The van der Waals surface area contributed by atoms with Crippen LogP contribution in [-0.4, -0.2) is 32.6 Å². The van der Waals surface area contributed by atoms with Crippen LogP contribution in [0.3, 0.4) is 0 Å². The average Bonchev–Trinajstić information content (AvgIpc) is 3.28. The Morgan fingerprint density at radius 1 is 1.38 bits per heavy atom. The Bertz CT molecular complexity index is 702. The quantitative estimate of drug-likeness (QED) is 0.654. The summed E-state index contributed by atoms with van der Waals surface area (Å²) in [5, 5.41) is 7.07. The molecule has 1 aromatic heterocycles. The molecule has 1 aliphatic carbocycles. The summed E-state index contributed by atoms with van der Waals surface area (Å²) in [5.74, 6) is 0.334. The van der Waals surface area contributed by atoms with Crippen LogP contribution < -0.4 is 5.69 Å². The van der Waals surface area contributed by atoms with E-state index in [9.17, 15) is 9.59 Å². The smallest absolute Gasteiger partial charge is 0.293 e. The second kappa shape index (κ2) is 6.11. The topological polar surface area (TPSA) is 67.8 Å². The SMILES string of the molecule is CSc1ccc(C(=O)CSc2n[nH]c(=O)n2C2CC2)cc1. The van der Waals surface area contributed by atoms with Crippen LogP contribution in [0, 0.1) is 0 Å². The molecule has 0 radical (unpaired) electrons. The summed E-state index contributed by atoms with van der Waals surface area (Å²) in [6.45, 7) is 0. The number of carbonyl (C=O) groups excluding carboxylic acids is 1. The maximum absolute atomic E-state index is 12.2. The second-order valence-corrected chi connectivity index (χ2v) is 6.68. The van der Waals surface area contributed by atoms with E-state index in [-0.39, 0.29) is 23.3 Å². The Morgan fingerprint density at radius 3 is 2.71 bits per heavy atom. The number of H-pyrrole nitrogens is 1. The van der Waals surface area contributed by atoms with E-state index < -0.39 is 0 Å². The lowest BCUT2D eigenvalue weighted by molar-refractivity contribution is 0.102. The van der Waals surface area contributed by atoms with Crippen molar-refractivity contribution in [2.75, 3.05) is 12.0 Å². The van der Waals surface area contributed by atoms with Gasteiger partial charge in [-0.15, -0.1) is 16.9 Å². The number of thioether (sulfide) groups is 2. The van der Waals surface area contributed by atoms with Gasteiger partial charge >= 0.3 is 5.69 Å². The summed E-state index contributed by atoms with van der Waals surface area (Å²) in [5.41, 5.74) is 0.507. The molecule has 0 spiro atoms. The number of aromatic amines is 1. The zero-order valence-electron chi connectivity index (χ0n) is 11.5. The number of nitrogens with zero attached hydrogens (tertiary/aromatic N) is 2. The minimum absolute atomic E-state index is 0.0467. The fourth-order valence-electron chi connectivity index (χ4n) is 2.04. The first-order valence-electron chi connectivity index (χ1n) is 6.66. The molecule has 0 bridgehead atoms. The summed E-state index contributed by atoms with van der Waals surface area (Å²) in [7, 11) is 0. The molecule has 3 rings (SSSR count). The van der Waals surface area contributed by atoms with E-state index in [1.807, 2.05) is 30.5 Å². The minimum Gasteiger partial charge on any atom is -0.293 e. The van der Waals surface area contributed by atoms with Gasteiger partial charge in [-0.2, -0.15) is 0 Å². The Hall–Kier alpha value is -1.47. The standard InChI is InChI=1S/C14H15N3O2S2/c1-20-11-6-2-9(3-7-11)12(18)8-21-14-16-15-13(19)17(14)10-4-5-10/h2-3,6-7,10H,4-5,8H2,1H3,(H,15,19). The summed E-state index contributed by atoms with van der Waals surface area (Å²) in [6, 6.07) is 7.82. The molecule has 0 saturated heterocycles. The van der Waals surface area contributed by atoms with Gasteiger partial charge in [-0.1, -0.05) is 23.9 Å². The first-order chi connectivity index (χ1) is 10.2. The summed E-state index contributed by atoms with van der Waals surface area (Å²) >= 11 is 2.96. The van der Waals surface area contributed by atoms with Gasteiger partial charge in [0.1, 0.15) is 0 Å². The van der Waals surface area contributed by atoms with Crippen LogP contribution in [-0.2, 0) is 0 Å². The van der Waals surface area contributed by atoms with E-state index >= 15 is 0 Å². The van der Waals surface area contributed by atoms with Crippen molar-refractivity contribution >= 4 is 29.3 Å². The summed E-state index contributed by atoms with van der Waals surface area (Å²) in [4.78, 5) is 25.0. The van der Waals surface area contributed by atoms with Crippen LogP contribution in [0.1, 0.15) is 29.2 Å². The van der Waals surface area contributed by atoms with Gasteiger partial charge in [-0.25, -0.2) is 9.89 Å². The Balaban J connectivity index is 1.66. The van der Waals surface area contributed by atoms with Crippen LogP contribution in [0.25, 0.3) is 0 Å². The van der Waals surface area contributed by atoms with E-state index in [4.69, 9.17) is 0 Å². The first kappa shape index (κ1) is 14.5. The van der Waals surface area contributed by atoms with Crippen molar-refractivity contribution < 1.29 is 4.79 Å². The normalized spacial score (nSPS) is 14.3. The zero-order valence-corrected chi connectivity index (χ0v) is 13.2. The van der Waals surface area contributed by atoms with Crippen LogP contribution in [0.5, 0.6) is 0 Å². The lowest BCUT2D eigenvalue weighted by atomic mass is 10.1.